The average Bonchev–Trinajstić information content (AvgIpc) is 3.59. The van der Waals surface area contributed by atoms with Gasteiger partial charge in [0.2, 0.25) is 5.91 Å². The molecule has 1 aromatic rings. The fraction of sp³-hybridized carbons (Fsp3) is 0.483. The lowest BCUT2D eigenvalue weighted by Crippen LogP contribution is -2.46. The Morgan fingerprint density at radius 1 is 1.18 bits per heavy atom. The number of fused-ring (bicyclic) bond motifs is 1. The molecule has 1 aliphatic carbocycles. The third-order valence-electron chi connectivity index (χ3n) is 7.95. The first-order valence-corrected chi connectivity index (χ1v) is 14.7. The third-order valence-corrected chi connectivity index (χ3v) is 9.55. The SMILES string of the molecule is CC(C)C1=C(C(=O)N2CCC[C@H]2C(=O)N(C)C)SC2=N[C@@H]([C@]3(C)C=CC(Cl)=CC3)[C@@H](c3ccc(Cl)cc3)N21. The van der Waals surface area contributed by atoms with Crippen LogP contribution in [0.5, 0.6) is 0 Å². The minimum Gasteiger partial charge on any atom is -0.347 e. The number of likely N-dealkylation sites (N-methyl/N-ethyl adjacent to an activating group) is 1. The first-order chi connectivity index (χ1) is 18.0. The van der Waals surface area contributed by atoms with Crippen molar-refractivity contribution in [1.82, 2.24) is 14.7 Å². The summed E-state index contributed by atoms with van der Waals surface area (Å²) in [5, 5.41) is 2.26. The standard InChI is InChI=1S/C29H34Cl2N4O2S/c1-17(2)22-24(27(37)34-16-6-7-21(34)26(36)33(4)5)38-28-32-25(29(3)14-12-20(31)13-15-29)23(35(22)28)18-8-10-19(30)11-9-18/h8-14,17,21,23,25H,6-7,15-16H2,1-5H3/t21-,23+,25+,29+/m0/s1. The molecular formula is C29H34Cl2N4O2S. The molecule has 0 radical (unpaired) electrons. The maximum atomic E-state index is 14.0. The smallest absolute Gasteiger partial charge is 0.263 e. The van der Waals surface area contributed by atoms with Crippen LogP contribution < -0.4 is 0 Å². The molecule has 0 aromatic heterocycles. The number of likely N-dealkylation sites (tertiary alicyclic amines) is 1. The molecule has 2 amide bonds. The summed E-state index contributed by atoms with van der Waals surface area (Å²) >= 11 is 14.0. The Hall–Kier alpha value is -2.22. The second-order valence-corrected chi connectivity index (χ2v) is 13.1. The Morgan fingerprint density at radius 3 is 2.50 bits per heavy atom. The van der Waals surface area contributed by atoms with Crippen LogP contribution in [0.3, 0.4) is 0 Å². The van der Waals surface area contributed by atoms with Crippen LogP contribution in [-0.4, -0.2) is 64.4 Å². The second kappa shape index (κ2) is 10.4. The van der Waals surface area contributed by atoms with Crippen molar-refractivity contribution in [3.8, 4) is 0 Å². The van der Waals surface area contributed by atoms with Gasteiger partial charge in [0, 0.05) is 41.8 Å². The lowest BCUT2D eigenvalue weighted by molar-refractivity contribution is -0.140. The van der Waals surface area contributed by atoms with Gasteiger partial charge in [-0.15, -0.1) is 0 Å². The summed E-state index contributed by atoms with van der Waals surface area (Å²) in [6, 6.07) is 7.35. The lowest BCUT2D eigenvalue weighted by Gasteiger charge is -2.39. The second-order valence-electron chi connectivity index (χ2n) is 11.2. The van der Waals surface area contributed by atoms with Gasteiger partial charge in [-0.05, 0) is 60.7 Å². The van der Waals surface area contributed by atoms with E-state index in [2.05, 4.69) is 50.0 Å². The fourth-order valence-corrected chi connectivity index (χ4v) is 7.49. The van der Waals surface area contributed by atoms with Crippen molar-refractivity contribution in [3.63, 3.8) is 0 Å². The lowest BCUT2D eigenvalue weighted by atomic mass is 9.73. The quantitative estimate of drug-likeness (QED) is 0.421. The molecule has 1 fully saturated rings. The Bertz CT molecular complexity index is 1270. The molecule has 4 atom stereocenters. The fourth-order valence-electron chi connectivity index (χ4n) is 5.92. The predicted molar refractivity (Wildman–Crippen MR) is 156 cm³/mol. The van der Waals surface area contributed by atoms with Crippen LogP contribution in [0.25, 0.3) is 0 Å². The molecule has 6 nitrogen and oxygen atoms in total. The number of halogens is 2. The maximum absolute atomic E-state index is 14.0. The van der Waals surface area contributed by atoms with Gasteiger partial charge in [-0.3, -0.25) is 14.6 Å². The van der Waals surface area contributed by atoms with E-state index >= 15 is 0 Å². The molecule has 0 saturated carbocycles. The Morgan fingerprint density at radius 2 is 1.89 bits per heavy atom. The normalized spacial score (nSPS) is 28.7. The van der Waals surface area contributed by atoms with E-state index in [4.69, 9.17) is 28.2 Å². The summed E-state index contributed by atoms with van der Waals surface area (Å²) in [4.78, 5) is 38.5. The van der Waals surface area contributed by atoms with Gasteiger partial charge in [-0.25, -0.2) is 0 Å². The number of nitrogens with zero attached hydrogens (tertiary/aromatic N) is 4. The molecule has 3 aliphatic heterocycles. The molecule has 202 valence electrons. The highest BCUT2D eigenvalue weighted by Crippen LogP contribution is 2.54. The van der Waals surface area contributed by atoms with Crippen molar-refractivity contribution >= 4 is 51.9 Å². The zero-order chi connectivity index (χ0) is 27.4. The molecule has 3 heterocycles. The molecule has 0 spiro atoms. The number of carbonyl (C=O) groups is 2. The molecule has 1 saturated heterocycles. The van der Waals surface area contributed by atoms with E-state index < -0.39 is 6.04 Å². The molecule has 0 N–H and O–H groups in total. The summed E-state index contributed by atoms with van der Waals surface area (Å²) in [7, 11) is 3.49. The molecule has 0 unspecified atom stereocenters. The van der Waals surface area contributed by atoms with Gasteiger partial charge in [-0.2, -0.15) is 0 Å². The highest BCUT2D eigenvalue weighted by atomic mass is 35.5. The molecule has 5 rings (SSSR count). The Kier molecular flexibility index (Phi) is 7.48. The van der Waals surface area contributed by atoms with Gasteiger partial charge >= 0.3 is 0 Å². The van der Waals surface area contributed by atoms with Gasteiger partial charge in [0.25, 0.3) is 5.91 Å². The van der Waals surface area contributed by atoms with Crippen LogP contribution >= 0.6 is 35.0 Å². The number of hydrogen-bond acceptors (Lipinski definition) is 5. The van der Waals surface area contributed by atoms with E-state index in [0.29, 0.717) is 22.9 Å². The molecule has 4 aliphatic rings. The number of allylic oxidation sites excluding steroid dienone is 4. The molecule has 1 aromatic carbocycles. The van der Waals surface area contributed by atoms with E-state index in [-0.39, 0.29) is 35.2 Å². The average molecular weight is 574 g/mol. The van der Waals surface area contributed by atoms with E-state index in [0.717, 1.165) is 34.3 Å². The van der Waals surface area contributed by atoms with Crippen LogP contribution in [0.15, 0.2) is 63.1 Å². The monoisotopic (exact) mass is 572 g/mol. The third kappa shape index (κ3) is 4.71. The topological polar surface area (TPSA) is 56.2 Å². The first kappa shape index (κ1) is 27.4. The largest absolute Gasteiger partial charge is 0.347 e. The minimum absolute atomic E-state index is 0.0220. The van der Waals surface area contributed by atoms with Gasteiger partial charge < -0.3 is 14.7 Å². The maximum Gasteiger partial charge on any atom is 0.263 e. The van der Waals surface area contributed by atoms with Gasteiger partial charge in [0.1, 0.15) is 10.9 Å². The van der Waals surface area contributed by atoms with Gasteiger partial charge in [-0.1, -0.05) is 68.3 Å². The molecule has 9 heteroatoms. The number of carbonyl (C=O) groups excluding carboxylic acids is 2. The van der Waals surface area contributed by atoms with Crippen LogP contribution in [0, 0.1) is 11.3 Å². The predicted octanol–water partition coefficient (Wildman–Crippen LogP) is 6.20. The highest BCUT2D eigenvalue weighted by molar-refractivity contribution is 8.18. The summed E-state index contributed by atoms with van der Waals surface area (Å²) in [6.07, 6.45) is 8.49. The van der Waals surface area contributed by atoms with Crippen molar-refractivity contribution in [2.24, 2.45) is 16.3 Å². The van der Waals surface area contributed by atoms with Crippen LogP contribution in [0.4, 0.5) is 0 Å². The highest BCUT2D eigenvalue weighted by Gasteiger charge is 2.52. The number of benzene rings is 1. The van der Waals surface area contributed by atoms with E-state index in [1.807, 2.05) is 18.2 Å². The van der Waals surface area contributed by atoms with Crippen molar-refractivity contribution in [2.75, 3.05) is 20.6 Å². The van der Waals surface area contributed by atoms with Crippen LogP contribution in [-0.2, 0) is 9.59 Å². The van der Waals surface area contributed by atoms with Crippen LogP contribution in [0.1, 0.15) is 51.6 Å². The Balaban J connectivity index is 1.56. The van der Waals surface area contributed by atoms with E-state index in [1.54, 1.807) is 23.9 Å². The van der Waals surface area contributed by atoms with Crippen molar-refractivity contribution in [1.29, 1.82) is 0 Å². The summed E-state index contributed by atoms with van der Waals surface area (Å²) in [5.74, 6) is -0.0121. The van der Waals surface area contributed by atoms with Crippen LogP contribution in [0.2, 0.25) is 5.02 Å². The van der Waals surface area contributed by atoms with Crippen molar-refractivity contribution in [3.05, 3.63) is 68.7 Å². The number of hydrogen-bond donors (Lipinski definition) is 0. The molecular weight excluding hydrogens is 539 g/mol. The summed E-state index contributed by atoms with van der Waals surface area (Å²) in [6.45, 7) is 7.05. The van der Waals surface area contributed by atoms with Crippen molar-refractivity contribution in [2.45, 2.75) is 58.2 Å². The van der Waals surface area contributed by atoms with E-state index in [1.165, 1.54) is 11.8 Å². The zero-order valence-corrected chi connectivity index (χ0v) is 24.8. The van der Waals surface area contributed by atoms with Gasteiger partial charge in [0.15, 0.2) is 5.17 Å². The minimum atomic E-state index is -0.418. The number of amides is 2. The first-order valence-electron chi connectivity index (χ1n) is 13.1. The van der Waals surface area contributed by atoms with Crippen molar-refractivity contribution < 1.29 is 9.59 Å². The van der Waals surface area contributed by atoms with E-state index in [9.17, 15) is 9.59 Å². The number of rotatable bonds is 5. The molecule has 0 bridgehead atoms. The number of aliphatic imine (C=N–C) groups is 1. The van der Waals surface area contributed by atoms with Gasteiger partial charge in [0.05, 0.1) is 12.1 Å². The molecule has 38 heavy (non-hydrogen) atoms. The number of amidine groups is 1. The number of thioether (sulfide) groups is 1. The zero-order valence-electron chi connectivity index (χ0n) is 22.4. The Labute approximate surface area is 239 Å². The summed E-state index contributed by atoms with van der Waals surface area (Å²) in [5.41, 5.74) is 1.83. The summed E-state index contributed by atoms with van der Waals surface area (Å²) < 4.78 is 0.